The van der Waals surface area contributed by atoms with Gasteiger partial charge in [0, 0.05) is 11.0 Å². The fourth-order valence-electron chi connectivity index (χ4n) is 0.366. The molecule has 3 heteroatoms. The van der Waals surface area contributed by atoms with Crippen LogP contribution in [0.4, 0.5) is 0 Å². The Balaban J connectivity index is 2.86. The van der Waals surface area contributed by atoms with Crippen LogP contribution in [0, 0.1) is 0 Å². The third-order valence-electron chi connectivity index (χ3n) is 0.808. The van der Waals surface area contributed by atoms with E-state index in [0.717, 1.165) is 17.5 Å². The summed E-state index contributed by atoms with van der Waals surface area (Å²) >= 11 is 2.16. The number of hydrogen-bond acceptors (Lipinski definition) is 2. The Hall–Kier alpha value is 0.650. The zero-order chi connectivity index (χ0) is 6.41. The minimum Gasteiger partial charge on any atom is -0.391 e. The summed E-state index contributed by atoms with van der Waals surface area (Å²) in [5.41, 5.74) is 0. The standard InChI is InChI=1S/C5H12INO/c1-2-7-4-5(8)3-6/h5,7-8H,2-4H2,1H3. The van der Waals surface area contributed by atoms with Crippen molar-refractivity contribution in [2.75, 3.05) is 17.5 Å². The zero-order valence-corrected chi connectivity index (χ0v) is 7.18. The van der Waals surface area contributed by atoms with E-state index in [-0.39, 0.29) is 6.10 Å². The molecule has 0 saturated heterocycles. The van der Waals surface area contributed by atoms with Crippen LogP contribution in [0.3, 0.4) is 0 Å². The fourth-order valence-corrected chi connectivity index (χ4v) is 0.677. The summed E-state index contributed by atoms with van der Waals surface area (Å²) in [5, 5.41) is 12.0. The molecule has 0 aliphatic rings. The normalized spacial score (nSPS) is 13.9. The van der Waals surface area contributed by atoms with Gasteiger partial charge in [-0.25, -0.2) is 0 Å². The van der Waals surface area contributed by atoms with Gasteiger partial charge < -0.3 is 10.4 Å². The molecule has 1 atom stereocenters. The second-order valence-electron chi connectivity index (χ2n) is 1.62. The van der Waals surface area contributed by atoms with Crippen molar-refractivity contribution in [1.29, 1.82) is 0 Å². The molecule has 1 unspecified atom stereocenters. The van der Waals surface area contributed by atoms with Gasteiger partial charge in [0.25, 0.3) is 0 Å². The van der Waals surface area contributed by atoms with Crippen molar-refractivity contribution in [2.24, 2.45) is 0 Å². The van der Waals surface area contributed by atoms with E-state index in [1.807, 2.05) is 6.92 Å². The second kappa shape index (κ2) is 5.78. The lowest BCUT2D eigenvalue weighted by Gasteiger charge is -2.04. The zero-order valence-electron chi connectivity index (χ0n) is 5.02. The van der Waals surface area contributed by atoms with Crippen molar-refractivity contribution < 1.29 is 5.11 Å². The number of aliphatic hydroxyl groups excluding tert-OH is 1. The first-order valence-electron chi connectivity index (χ1n) is 2.76. The minimum absolute atomic E-state index is 0.171. The molecule has 0 radical (unpaired) electrons. The molecule has 0 aromatic heterocycles. The smallest absolute Gasteiger partial charge is 0.0753 e. The van der Waals surface area contributed by atoms with Gasteiger partial charge in [0.2, 0.25) is 0 Å². The highest BCUT2D eigenvalue weighted by Gasteiger charge is 1.96. The minimum atomic E-state index is -0.171. The number of halogens is 1. The Morgan fingerprint density at radius 1 is 1.75 bits per heavy atom. The molecule has 8 heavy (non-hydrogen) atoms. The average molecular weight is 229 g/mol. The molecule has 0 rings (SSSR count). The third-order valence-corrected chi connectivity index (χ3v) is 1.82. The topological polar surface area (TPSA) is 32.3 Å². The van der Waals surface area contributed by atoms with Crippen LogP contribution >= 0.6 is 22.6 Å². The Bertz CT molecular complexity index is 51.7. The van der Waals surface area contributed by atoms with E-state index in [1.54, 1.807) is 0 Å². The highest BCUT2D eigenvalue weighted by molar-refractivity contribution is 14.1. The summed E-state index contributed by atoms with van der Waals surface area (Å²) in [6, 6.07) is 0. The summed E-state index contributed by atoms with van der Waals surface area (Å²) in [6.45, 7) is 3.69. The van der Waals surface area contributed by atoms with E-state index in [4.69, 9.17) is 5.11 Å². The van der Waals surface area contributed by atoms with Gasteiger partial charge in [-0.05, 0) is 6.54 Å². The molecule has 0 aromatic carbocycles. The van der Waals surface area contributed by atoms with Gasteiger partial charge in [-0.2, -0.15) is 0 Å². The summed E-state index contributed by atoms with van der Waals surface area (Å²) in [5.74, 6) is 0. The average Bonchev–Trinajstić information content (AvgIpc) is 1.83. The molecule has 0 fully saturated rings. The predicted molar refractivity (Wildman–Crippen MR) is 43.4 cm³/mol. The predicted octanol–water partition coefficient (Wildman–Crippen LogP) is 0.392. The molecule has 50 valence electrons. The Morgan fingerprint density at radius 2 is 2.38 bits per heavy atom. The lowest BCUT2D eigenvalue weighted by Crippen LogP contribution is -2.27. The van der Waals surface area contributed by atoms with Crippen LogP contribution in [0.1, 0.15) is 6.92 Å². The largest absolute Gasteiger partial charge is 0.391 e. The van der Waals surface area contributed by atoms with Gasteiger partial charge in [-0.3, -0.25) is 0 Å². The van der Waals surface area contributed by atoms with Gasteiger partial charge in [-0.1, -0.05) is 29.5 Å². The van der Waals surface area contributed by atoms with Gasteiger partial charge in [-0.15, -0.1) is 0 Å². The summed E-state index contributed by atoms with van der Waals surface area (Å²) in [6.07, 6.45) is -0.171. The van der Waals surface area contributed by atoms with Crippen molar-refractivity contribution in [1.82, 2.24) is 5.32 Å². The Kier molecular flexibility index (Phi) is 6.25. The van der Waals surface area contributed by atoms with E-state index in [0.29, 0.717) is 0 Å². The molecule has 0 heterocycles. The van der Waals surface area contributed by atoms with Gasteiger partial charge in [0.15, 0.2) is 0 Å². The summed E-state index contributed by atoms with van der Waals surface area (Å²) in [7, 11) is 0. The van der Waals surface area contributed by atoms with Crippen LogP contribution in [0.25, 0.3) is 0 Å². The van der Waals surface area contributed by atoms with Crippen LogP contribution in [0.15, 0.2) is 0 Å². The van der Waals surface area contributed by atoms with Crippen molar-refractivity contribution in [3.8, 4) is 0 Å². The van der Waals surface area contributed by atoms with E-state index < -0.39 is 0 Å². The quantitative estimate of drug-likeness (QED) is 0.540. The van der Waals surface area contributed by atoms with Crippen LogP contribution in [-0.4, -0.2) is 28.7 Å². The first-order valence-corrected chi connectivity index (χ1v) is 4.28. The van der Waals surface area contributed by atoms with E-state index in [2.05, 4.69) is 27.9 Å². The molecule has 2 nitrogen and oxygen atoms in total. The summed E-state index contributed by atoms with van der Waals surface area (Å²) in [4.78, 5) is 0. The number of aliphatic hydroxyl groups is 1. The first-order chi connectivity index (χ1) is 3.81. The summed E-state index contributed by atoms with van der Waals surface area (Å²) < 4.78 is 0.810. The molecular formula is C5H12INO. The van der Waals surface area contributed by atoms with Gasteiger partial charge in [0.1, 0.15) is 0 Å². The maximum Gasteiger partial charge on any atom is 0.0753 e. The van der Waals surface area contributed by atoms with Crippen molar-refractivity contribution >= 4 is 22.6 Å². The Labute approximate surface area is 63.8 Å². The van der Waals surface area contributed by atoms with Crippen molar-refractivity contribution in [3.63, 3.8) is 0 Å². The molecule has 0 aliphatic carbocycles. The van der Waals surface area contributed by atoms with Gasteiger partial charge in [0.05, 0.1) is 6.10 Å². The number of nitrogens with one attached hydrogen (secondary N) is 1. The van der Waals surface area contributed by atoms with Crippen LogP contribution in [-0.2, 0) is 0 Å². The third kappa shape index (κ3) is 4.80. The molecule has 0 aliphatic heterocycles. The Morgan fingerprint density at radius 3 is 2.75 bits per heavy atom. The van der Waals surface area contributed by atoms with Crippen LogP contribution < -0.4 is 5.32 Å². The number of alkyl halides is 1. The molecular weight excluding hydrogens is 217 g/mol. The van der Waals surface area contributed by atoms with Crippen molar-refractivity contribution in [2.45, 2.75) is 13.0 Å². The lowest BCUT2D eigenvalue weighted by atomic mass is 10.4. The lowest BCUT2D eigenvalue weighted by molar-refractivity contribution is 0.199. The fraction of sp³-hybridized carbons (Fsp3) is 1.00. The molecule has 0 aromatic rings. The SMILES string of the molecule is CCNCC(O)CI. The van der Waals surface area contributed by atoms with Crippen molar-refractivity contribution in [3.05, 3.63) is 0 Å². The highest BCUT2D eigenvalue weighted by atomic mass is 127. The monoisotopic (exact) mass is 229 g/mol. The highest BCUT2D eigenvalue weighted by Crippen LogP contribution is 1.87. The number of likely N-dealkylation sites (N-methyl/N-ethyl adjacent to an activating group) is 1. The number of hydrogen-bond donors (Lipinski definition) is 2. The van der Waals surface area contributed by atoms with Gasteiger partial charge >= 0.3 is 0 Å². The van der Waals surface area contributed by atoms with E-state index in [1.165, 1.54) is 0 Å². The molecule has 0 amide bonds. The van der Waals surface area contributed by atoms with Crippen LogP contribution in [0.2, 0.25) is 0 Å². The maximum absolute atomic E-state index is 8.92. The molecule has 0 bridgehead atoms. The second-order valence-corrected chi connectivity index (χ2v) is 2.50. The number of rotatable bonds is 4. The molecule has 2 N–H and O–H groups in total. The first kappa shape index (κ1) is 8.65. The molecule has 0 saturated carbocycles. The maximum atomic E-state index is 8.92. The molecule has 0 spiro atoms. The van der Waals surface area contributed by atoms with Crippen LogP contribution in [0.5, 0.6) is 0 Å². The van der Waals surface area contributed by atoms with E-state index >= 15 is 0 Å². The van der Waals surface area contributed by atoms with E-state index in [9.17, 15) is 0 Å².